The summed E-state index contributed by atoms with van der Waals surface area (Å²) in [6.07, 6.45) is 2.48. The van der Waals surface area contributed by atoms with Gasteiger partial charge in [0.05, 0.1) is 17.0 Å². The van der Waals surface area contributed by atoms with Crippen molar-refractivity contribution < 1.29 is 18.3 Å². The molecule has 2 amide bonds. The third kappa shape index (κ3) is 4.18. The van der Waals surface area contributed by atoms with Crippen LogP contribution >= 0.6 is 0 Å². The Hall–Kier alpha value is -1.60. The predicted octanol–water partition coefficient (Wildman–Crippen LogP) is 1.29. The normalized spacial score (nSPS) is 22.6. The molecule has 1 saturated carbocycles. The van der Waals surface area contributed by atoms with E-state index in [0.29, 0.717) is 12.8 Å². The van der Waals surface area contributed by atoms with Gasteiger partial charge in [0.15, 0.2) is 0 Å². The Morgan fingerprint density at radius 3 is 2.43 bits per heavy atom. The lowest BCUT2D eigenvalue weighted by atomic mass is 9.93. The van der Waals surface area contributed by atoms with Crippen LogP contribution in [0.5, 0.6) is 0 Å². The maximum atomic E-state index is 12.0. The number of urea groups is 1. The van der Waals surface area contributed by atoms with Gasteiger partial charge in [0.25, 0.3) is 10.0 Å². The SMILES string of the molecule is Cc1ccc(S(=O)(=O)NC(=O)N[C@@H]2CCCC[C@H]2O)cc1. The summed E-state index contributed by atoms with van der Waals surface area (Å²) in [5.74, 6) is 0. The zero-order valence-corrected chi connectivity index (χ0v) is 12.7. The van der Waals surface area contributed by atoms with E-state index in [1.807, 2.05) is 11.6 Å². The molecule has 2 rings (SSSR count). The van der Waals surface area contributed by atoms with Crippen molar-refractivity contribution in [2.75, 3.05) is 0 Å². The van der Waals surface area contributed by atoms with Crippen molar-refractivity contribution in [2.45, 2.75) is 49.6 Å². The van der Waals surface area contributed by atoms with Crippen LogP contribution in [0.1, 0.15) is 31.2 Å². The number of carbonyl (C=O) groups is 1. The van der Waals surface area contributed by atoms with Gasteiger partial charge in [0.2, 0.25) is 0 Å². The maximum Gasteiger partial charge on any atom is 0.329 e. The lowest BCUT2D eigenvalue weighted by Crippen LogP contribution is -2.50. The highest BCUT2D eigenvalue weighted by Crippen LogP contribution is 2.18. The first-order valence-corrected chi connectivity index (χ1v) is 8.45. The minimum atomic E-state index is -3.89. The van der Waals surface area contributed by atoms with Crippen molar-refractivity contribution in [1.82, 2.24) is 10.0 Å². The number of amides is 2. The summed E-state index contributed by atoms with van der Waals surface area (Å²) in [4.78, 5) is 11.8. The minimum Gasteiger partial charge on any atom is -0.391 e. The van der Waals surface area contributed by atoms with Gasteiger partial charge in [-0.3, -0.25) is 0 Å². The molecule has 7 heteroatoms. The molecule has 1 aromatic carbocycles. The van der Waals surface area contributed by atoms with E-state index >= 15 is 0 Å². The van der Waals surface area contributed by atoms with Crippen LogP contribution < -0.4 is 10.0 Å². The largest absolute Gasteiger partial charge is 0.391 e. The average Bonchev–Trinajstić information content (AvgIpc) is 2.41. The summed E-state index contributed by atoms with van der Waals surface area (Å²) < 4.78 is 26.1. The molecule has 0 radical (unpaired) electrons. The second kappa shape index (κ2) is 6.44. The van der Waals surface area contributed by atoms with Crippen molar-refractivity contribution in [1.29, 1.82) is 0 Å². The first-order chi connectivity index (χ1) is 9.88. The van der Waals surface area contributed by atoms with E-state index in [9.17, 15) is 18.3 Å². The molecule has 2 atom stereocenters. The number of hydrogen-bond donors (Lipinski definition) is 3. The molecule has 1 aliphatic rings. The van der Waals surface area contributed by atoms with E-state index in [4.69, 9.17) is 0 Å². The number of aliphatic hydroxyl groups is 1. The van der Waals surface area contributed by atoms with Crippen LogP contribution in [0.2, 0.25) is 0 Å². The van der Waals surface area contributed by atoms with E-state index in [0.717, 1.165) is 18.4 Å². The van der Waals surface area contributed by atoms with Gasteiger partial charge in [-0.05, 0) is 31.9 Å². The Kier molecular flexibility index (Phi) is 4.84. The fourth-order valence-electron chi connectivity index (χ4n) is 2.38. The Bertz CT molecular complexity index is 598. The van der Waals surface area contributed by atoms with Gasteiger partial charge in [-0.1, -0.05) is 30.5 Å². The van der Waals surface area contributed by atoms with Gasteiger partial charge >= 0.3 is 6.03 Å². The molecule has 1 fully saturated rings. The molecule has 0 heterocycles. The molecule has 0 aromatic heterocycles. The molecule has 1 aliphatic carbocycles. The summed E-state index contributed by atoms with van der Waals surface area (Å²) in [5, 5.41) is 12.3. The number of benzene rings is 1. The van der Waals surface area contributed by atoms with Crippen LogP contribution in [0, 0.1) is 6.92 Å². The second-order valence-electron chi connectivity index (χ2n) is 5.35. The summed E-state index contributed by atoms with van der Waals surface area (Å²) in [7, 11) is -3.89. The molecule has 6 nitrogen and oxygen atoms in total. The Labute approximate surface area is 124 Å². The van der Waals surface area contributed by atoms with Gasteiger partial charge in [-0.2, -0.15) is 0 Å². The highest BCUT2D eigenvalue weighted by atomic mass is 32.2. The zero-order valence-electron chi connectivity index (χ0n) is 11.9. The number of nitrogens with one attached hydrogen (secondary N) is 2. The molecular formula is C14H20N2O4S. The van der Waals surface area contributed by atoms with Crippen LogP contribution in [-0.4, -0.2) is 31.7 Å². The smallest absolute Gasteiger partial charge is 0.329 e. The molecule has 0 unspecified atom stereocenters. The quantitative estimate of drug-likeness (QED) is 0.783. The highest BCUT2D eigenvalue weighted by Gasteiger charge is 2.26. The lowest BCUT2D eigenvalue weighted by Gasteiger charge is -2.28. The Morgan fingerprint density at radius 2 is 1.81 bits per heavy atom. The summed E-state index contributed by atoms with van der Waals surface area (Å²) in [6, 6.07) is 5.02. The molecule has 0 saturated heterocycles. The maximum absolute atomic E-state index is 12.0. The van der Waals surface area contributed by atoms with Crippen molar-refractivity contribution in [3.05, 3.63) is 29.8 Å². The lowest BCUT2D eigenvalue weighted by molar-refractivity contribution is 0.0948. The molecule has 0 bridgehead atoms. The van der Waals surface area contributed by atoms with Crippen LogP contribution in [0.4, 0.5) is 4.79 Å². The fraction of sp³-hybridized carbons (Fsp3) is 0.500. The number of aryl methyl sites for hydroxylation is 1. The molecule has 1 aromatic rings. The summed E-state index contributed by atoms with van der Waals surface area (Å²) in [5.41, 5.74) is 0.934. The van der Waals surface area contributed by atoms with E-state index < -0.39 is 28.2 Å². The minimum absolute atomic E-state index is 0.0347. The standard InChI is InChI=1S/C14H20N2O4S/c1-10-6-8-11(9-7-10)21(19,20)16-14(18)15-12-4-2-3-5-13(12)17/h6-9,12-13,17H,2-5H2,1H3,(H2,15,16,18)/t12-,13-/m1/s1. The predicted molar refractivity (Wildman–Crippen MR) is 78.3 cm³/mol. The molecule has 116 valence electrons. The third-order valence-electron chi connectivity index (χ3n) is 3.60. The van der Waals surface area contributed by atoms with Crippen molar-refractivity contribution in [2.24, 2.45) is 0 Å². The van der Waals surface area contributed by atoms with E-state index in [-0.39, 0.29) is 4.90 Å². The fourth-order valence-corrected chi connectivity index (χ4v) is 3.29. The summed E-state index contributed by atoms with van der Waals surface area (Å²) >= 11 is 0. The van der Waals surface area contributed by atoms with Crippen LogP contribution in [0.3, 0.4) is 0 Å². The van der Waals surface area contributed by atoms with Gasteiger partial charge in [0, 0.05) is 0 Å². The third-order valence-corrected chi connectivity index (χ3v) is 4.95. The van der Waals surface area contributed by atoms with E-state index in [2.05, 4.69) is 5.32 Å². The molecular weight excluding hydrogens is 292 g/mol. The Morgan fingerprint density at radius 1 is 1.19 bits per heavy atom. The number of hydrogen-bond acceptors (Lipinski definition) is 4. The van der Waals surface area contributed by atoms with Crippen LogP contribution in [0.15, 0.2) is 29.2 Å². The Balaban J connectivity index is 1.99. The van der Waals surface area contributed by atoms with Gasteiger partial charge in [0.1, 0.15) is 0 Å². The second-order valence-corrected chi connectivity index (χ2v) is 7.03. The molecule has 21 heavy (non-hydrogen) atoms. The average molecular weight is 312 g/mol. The molecule has 0 aliphatic heterocycles. The van der Waals surface area contributed by atoms with Gasteiger partial charge < -0.3 is 10.4 Å². The first kappa shape index (κ1) is 15.8. The zero-order chi connectivity index (χ0) is 15.5. The monoisotopic (exact) mass is 312 g/mol. The topological polar surface area (TPSA) is 95.5 Å². The van der Waals surface area contributed by atoms with Gasteiger partial charge in [-0.25, -0.2) is 17.9 Å². The molecule has 3 N–H and O–H groups in total. The number of sulfonamides is 1. The van der Waals surface area contributed by atoms with E-state index in [1.54, 1.807) is 12.1 Å². The first-order valence-electron chi connectivity index (χ1n) is 6.96. The van der Waals surface area contributed by atoms with Crippen molar-refractivity contribution in [3.8, 4) is 0 Å². The van der Waals surface area contributed by atoms with E-state index in [1.165, 1.54) is 12.1 Å². The number of aliphatic hydroxyl groups excluding tert-OH is 1. The van der Waals surface area contributed by atoms with Crippen molar-refractivity contribution in [3.63, 3.8) is 0 Å². The summed E-state index contributed by atoms with van der Waals surface area (Å²) in [6.45, 7) is 1.85. The van der Waals surface area contributed by atoms with Crippen molar-refractivity contribution >= 4 is 16.1 Å². The highest BCUT2D eigenvalue weighted by molar-refractivity contribution is 7.90. The molecule has 0 spiro atoms. The van der Waals surface area contributed by atoms with Crippen LogP contribution in [-0.2, 0) is 10.0 Å². The number of rotatable bonds is 3. The van der Waals surface area contributed by atoms with Gasteiger partial charge in [-0.15, -0.1) is 0 Å². The van der Waals surface area contributed by atoms with Crippen LogP contribution in [0.25, 0.3) is 0 Å². The number of carbonyl (C=O) groups excluding carboxylic acids is 1.